The van der Waals surface area contributed by atoms with Gasteiger partial charge in [0.2, 0.25) is 10.0 Å². The van der Waals surface area contributed by atoms with E-state index in [9.17, 15) is 8.42 Å². The van der Waals surface area contributed by atoms with Crippen LogP contribution >= 0.6 is 0 Å². The minimum Gasteiger partial charge on any atom is -0.328 e. The van der Waals surface area contributed by atoms with Crippen LogP contribution in [0.5, 0.6) is 0 Å². The smallest absolute Gasteiger partial charge is 0.243 e. The Kier molecular flexibility index (Phi) is 5.07. The summed E-state index contributed by atoms with van der Waals surface area (Å²) < 4.78 is 26.8. The van der Waals surface area contributed by atoms with Crippen molar-refractivity contribution in [2.75, 3.05) is 13.1 Å². The number of nitrogens with two attached hydrogens (primary N) is 1. The van der Waals surface area contributed by atoms with Gasteiger partial charge in [0, 0.05) is 19.1 Å². The van der Waals surface area contributed by atoms with Crippen LogP contribution in [0.2, 0.25) is 0 Å². The maximum atomic E-state index is 12.6. The molecule has 1 aliphatic rings. The fourth-order valence-corrected chi connectivity index (χ4v) is 4.27. The molecule has 0 spiro atoms. The third-order valence-corrected chi connectivity index (χ3v) is 6.51. The van der Waals surface area contributed by atoms with Gasteiger partial charge in [-0.1, -0.05) is 26.0 Å². The molecule has 0 aromatic heterocycles. The number of hydrogen-bond acceptors (Lipinski definition) is 3. The lowest BCUT2D eigenvalue weighted by molar-refractivity contribution is 0.429. The molecule has 1 aromatic rings. The molecule has 0 aliphatic carbocycles. The zero-order valence-electron chi connectivity index (χ0n) is 13.1. The zero-order valence-corrected chi connectivity index (χ0v) is 13.9. The lowest BCUT2D eigenvalue weighted by Gasteiger charge is -2.18. The molecule has 4 nitrogen and oxygen atoms in total. The SMILES string of the molecule is CCC(C)c1ccc(S(=O)(=O)N2CCC(C(C)N)C2)cc1. The van der Waals surface area contributed by atoms with Crippen LogP contribution in [0.4, 0.5) is 0 Å². The highest BCUT2D eigenvalue weighted by atomic mass is 32.2. The van der Waals surface area contributed by atoms with Crippen LogP contribution in [-0.2, 0) is 10.0 Å². The minimum absolute atomic E-state index is 0.0398. The molecule has 0 saturated carbocycles. The van der Waals surface area contributed by atoms with E-state index in [1.807, 2.05) is 19.1 Å². The van der Waals surface area contributed by atoms with Crippen molar-refractivity contribution >= 4 is 10.0 Å². The molecule has 1 aliphatic heterocycles. The van der Waals surface area contributed by atoms with Crippen molar-refractivity contribution < 1.29 is 8.42 Å². The fraction of sp³-hybridized carbons (Fsp3) is 0.625. The molecule has 118 valence electrons. The van der Waals surface area contributed by atoms with Gasteiger partial charge in [-0.3, -0.25) is 0 Å². The first-order valence-electron chi connectivity index (χ1n) is 7.72. The second-order valence-electron chi connectivity index (χ2n) is 6.15. The summed E-state index contributed by atoms with van der Waals surface area (Å²) >= 11 is 0. The Labute approximate surface area is 128 Å². The lowest BCUT2D eigenvalue weighted by Crippen LogP contribution is -2.33. The average Bonchev–Trinajstić information content (AvgIpc) is 2.97. The Hall–Kier alpha value is -0.910. The summed E-state index contributed by atoms with van der Waals surface area (Å²) in [4.78, 5) is 0.389. The van der Waals surface area contributed by atoms with Gasteiger partial charge in [0.15, 0.2) is 0 Å². The van der Waals surface area contributed by atoms with Crippen LogP contribution in [-0.4, -0.2) is 31.9 Å². The van der Waals surface area contributed by atoms with Crippen molar-refractivity contribution in [2.24, 2.45) is 11.7 Å². The predicted molar refractivity (Wildman–Crippen MR) is 85.7 cm³/mol. The Bertz CT molecular complexity index is 566. The van der Waals surface area contributed by atoms with Crippen molar-refractivity contribution in [3.8, 4) is 0 Å². The lowest BCUT2D eigenvalue weighted by atomic mass is 9.99. The second-order valence-corrected chi connectivity index (χ2v) is 8.09. The van der Waals surface area contributed by atoms with Gasteiger partial charge in [-0.05, 0) is 49.3 Å². The minimum atomic E-state index is -3.38. The fourth-order valence-electron chi connectivity index (χ4n) is 2.75. The molecule has 0 amide bonds. The highest BCUT2D eigenvalue weighted by molar-refractivity contribution is 7.89. The molecule has 5 heteroatoms. The van der Waals surface area contributed by atoms with Crippen LogP contribution in [0.25, 0.3) is 0 Å². The van der Waals surface area contributed by atoms with Crippen LogP contribution in [0.15, 0.2) is 29.2 Å². The molecule has 1 aromatic carbocycles. The van der Waals surface area contributed by atoms with E-state index < -0.39 is 10.0 Å². The highest BCUT2D eigenvalue weighted by Crippen LogP contribution is 2.27. The van der Waals surface area contributed by atoms with Gasteiger partial charge in [0.05, 0.1) is 4.90 Å². The maximum Gasteiger partial charge on any atom is 0.243 e. The molecule has 1 saturated heterocycles. The van der Waals surface area contributed by atoms with Crippen LogP contribution in [0.1, 0.15) is 45.1 Å². The topological polar surface area (TPSA) is 63.4 Å². The third-order valence-electron chi connectivity index (χ3n) is 4.63. The molecule has 0 bridgehead atoms. The largest absolute Gasteiger partial charge is 0.328 e. The summed E-state index contributed by atoms with van der Waals surface area (Å²) in [6, 6.07) is 7.37. The van der Waals surface area contributed by atoms with E-state index >= 15 is 0 Å². The molecule has 21 heavy (non-hydrogen) atoms. The molecule has 1 heterocycles. The molecule has 3 atom stereocenters. The summed E-state index contributed by atoms with van der Waals surface area (Å²) in [7, 11) is -3.38. The van der Waals surface area contributed by atoms with Gasteiger partial charge in [-0.25, -0.2) is 8.42 Å². The van der Waals surface area contributed by atoms with E-state index in [4.69, 9.17) is 5.73 Å². The Morgan fingerprint density at radius 3 is 2.38 bits per heavy atom. The second kappa shape index (κ2) is 6.46. The molecule has 2 rings (SSSR count). The van der Waals surface area contributed by atoms with Crippen molar-refractivity contribution in [3.63, 3.8) is 0 Å². The van der Waals surface area contributed by atoms with Crippen molar-refractivity contribution in [1.82, 2.24) is 4.31 Å². The van der Waals surface area contributed by atoms with Gasteiger partial charge in [0.25, 0.3) is 0 Å². The Morgan fingerprint density at radius 2 is 1.90 bits per heavy atom. The van der Waals surface area contributed by atoms with Gasteiger partial charge in [0.1, 0.15) is 0 Å². The first kappa shape index (κ1) is 16.5. The van der Waals surface area contributed by atoms with E-state index in [2.05, 4.69) is 13.8 Å². The van der Waals surface area contributed by atoms with Gasteiger partial charge in [-0.15, -0.1) is 0 Å². The summed E-state index contributed by atoms with van der Waals surface area (Å²) in [6.45, 7) is 7.33. The van der Waals surface area contributed by atoms with Crippen LogP contribution in [0, 0.1) is 5.92 Å². The van der Waals surface area contributed by atoms with E-state index in [1.165, 1.54) is 5.56 Å². The molecule has 3 unspecified atom stereocenters. The maximum absolute atomic E-state index is 12.6. The first-order valence-corrected chi connectivity index (χ1v) is 9.16. The normalized spacial score (nSPS) is 23.1. The highest BCUT2D eigenvalue weighted by Gasteiger charge is 2.33. The van der Waals surface area contributed by atoms with Crippen LogP contribution in [0.3, 0.4) is 0 Å². The Balaban J connectivity index is 2.17. The van der Waals surface area contributed by atoms with Gasteiger partial charge in [-0.2, -0.15) is 4.31 Å². The van der Waals surface area contributed by atoms with Crippen molar-refractivity contribution in [1.29, 1.82) is 0 Å². The number of hydrogen-bond donors (Lipinski definition) is 1. The summed E-state index contributed by atoms with van der Waals surface area (Å²) in [5, 5.41) is 0. The molecule has 1 fully saturated rings. The molecule has 0 radical (unpaired) electrons. The van der Waals surface area contributed by atoms with E-state index in [0.717, 1.165) is 12.8 Å². The summed E-state index contributed by atoms with van der Waals surface area (Å²) in [5.74, 6) is 0.718. The van der Waals surface area contributed by atoms with Crippen molar-refractivity contribution in [3.05, 3.63) is 29.8 Å². The van der Waals surface area contributed by atoms with Gasteiger partial charge >= 0.3 is 0 Å². The number of nitrogens with zero attached hydrogens (tertiary/aromatic N) is 1. The zero-order chi connectivity index (χ0) is 15.6. The number of benzene rings is 1. The average molecular weight is 310 g/mol. The number of rotatable bonds is 5. The quantitative estimate of drug-likeness (QED) is 0.909. The summed E-state index contributed by atoms with van der Waals surface area (Å²) in [6.07, 6.45) is 1.90. The molecule has 2 N–H and O–H groups in total. The predicted octanol–water partition coefficient (Wildman–Crippen LogP) is 2.56. The summed E-state index contributed by atoms with van der Waals surface area (Å²) in [5.41, 5.74) is 7.08. The monoisotopic (exact) mass is 310 g/mol. The number of sulfonamides is 1. The van der Waals surface area contributed by atoms with Gasteiger partial charge < -0.3 is 5.73 Å². The van der Waals surface area contributed by atoms with Crippen molar-refractivity contribution in [2.45, 2.75) is 50.5 Å². The van der Waals surface area contributed by atoms with Crippen LogP contribution < -0.4 is 5.73 Å². The molecular weight excluding hydrogens is 284 g/mol. The van der Waals surface area contributed by atoms with E-state index in [-0.39, 0.29) is 12.0 Å². The first-order chi connectivity index (χ1) is 9.86. The van der Waals surface area contributed by atoms with E-state index in [1.54, 1.807) is 16.4 Å². The van der Waals surface area contributed by atoms with E-state index in [0.29, 0.717) is 23.9 Å². The third kappa shape index (κ3) is 3.47. The Morgan fingerprint density at radius 1 is 1.29 bits per heavy atom. The molecular formula is C16H26N2O2S. The standard InChI is InChI=1S/C16H26N2O2S/c1-4-12(2)14-5-7-16(8-6-14)21(19,20)18-10-9-15(11-18)13(3)17/h5-8,12-13,15H,4,9-11,17H2,1-3H3.